The Hall–Kier alpha value is -3.95. The van der Waals surface area contributed by atoms with Gasteiger partial charge in [0.2, 0.25) is 11.8 Å². The van der Waals surface area contributed by atoms with Crippen molar-refractivity contribution in [3.8, 4) is 23.3 Å². The van der Waals surface area contributed by atoms with E-state index in [2.05, 4.69) is 20.4 Å². The van der Waals surface area contributed by atoms with Crippen LogP contribution in [0.5, 0.6) is 23.3 Å². The van der Waals surface area contributed by atoms with Crippen LogP contribution in [0, 0.1) is 0 Å². The predicted octanol–water partition coefficient (Wildman–Crippen LogP) is 6.72. The third-order valence-electron chi connectivity index (χ3n) is 4.54. The highest BCUT2D eigenvalue weighted by molar-refractivity contribution is 6.00. The van der Waals surface area contributed by atoms with Gasteiger partial charge in [-0.1, -0.05) is 39.0 Å². The molecule has 0 saturated carbocycles. The number of benzene rings is 2. The molecule has 34 heavy (non-hydrogen) atoms. The average molecular weight is 475 g/mol. The van der Waals surface area contributed by atoms with Gasteiger partial charge in [0, 0.05) is 17.3 Å². The van der Waals surface area contributed by atoms with Crippen molar-refractivity contribution in [2.45, 2.75) is 32.5 Å². The molecule has 180 valence electrons. The third kappa shape index (κ3) is 6.77. The molecule has 2 N–H and O–H groups in total. The molecule has 2 amide bonds. The number of alkyl halides is 3. The molecule has 0 saturated heterocycles. The zero-order chi connectivity index (χ0) is 24.9. The third-order valence-corrected chi connectivity index (χ3v) is 4.54. The number of urea groups is 1. The van der Waals surface area contributed by atoms with E-state index in [0.717, 1.165) is 17.7 Å². The van der Waals surface area contributed by atoms with E-state index in [-0.39, 0.29) is 28.5 Å². The zero-order valence-corrected chi connectivity index (χ0v) is 19.0. The molecule has 0 bridgehead atoms. The lowest BCUT2D eigenvalue weighted by Gasteiger charge is -2.23. The Labute approximate surface area is 194 Å². The summed E-state index contributed by atoms with van der Waals surface area (Å²) < 4.78 is 52.0. The lowest BCUT2D eigenvalue weighted by molar-refractivity contribution is -0.274. The van der Waals surface area contributed by atoms with Gasteiger partial charge in [0.05, 0.1) is 7.11 Å². The average Bonchev–Trinajstić information content (AvgIpc) is 2.75. The summed E-state index contributed by atoms with van der Waals surface area (Å²) in [7, 11) is 1.46. The number of hydrogen-bond acceptors (Lipinski definition) is 5. The number of nitrogens with one attached hydrogen (secondary N) is 2. The largest absolute Gasteiger partial charge is 0.573 e. The fourth-order valence-corrected chi connectivity index (χ4v) is 3.01. The minimum absolute atomic E-state index is 0.111. The smallest absolute Gasteiger partial charge is 0.481 e. The summed E-state index contributed by atoms with van der Waals surface area (Å²) in [5.74, 6) is 0.569. The first kappa shape index (κ1) is 24.7. The second-order valence-electron chi connectivity index (χ2n) is 8.21. The fourth-order valence-electron chi connectivity index (χ4n) is 3.01. The van der Waals surface area contributed by atoms with Gasteiger partial charge in [-0.3, -0.25) is 0 Å². The van der Waals surface area contributed by atoms with Gasteiger partial charge < -0.3 is 24.8 Å². The molecular weight excluding hydrogens is 451 g/mol. The van der Waals surface area contributed by atoms with E-state index >= 15 is 0 Å². The van der Waals surface area contributed by atoms with Crippen LogP contribution in [0.4, 0.5) is 29.3 Å². The van der Waals surface area contributed by atoms with Gasteiger partial charge in [0.1, 0.15) is 17.2 Å². The minimum atomic E-state index is -4.80. The van der Waals surface area contributed by atoms with Gasteiger partial charge in [-0.05, 0) is 41.8 Å². The maximum Gasteiger partial charge on any atom is 0.573 e. The molecule has 7 nitrogen and oxygen atoms in total. The molecule has 1 aromatic heterocycles. The molecule has 0 aliphatic heterocycles. The molecular formula is C24H24F3N3O4. The zero-order valence-electron chi connectivity index (χ0n) is 19.0. The van der Waals surface area contributed by atoms with E-state index in [9.17, 15) is 18.0 Å². The Morgan fingerprint density at radius 3 is 2.21 bits per heavy atom. The Kier molecular flexibility index (Phi) is 7.19. The molecule has 2 aromatic carbocycles. The maximum absolute atomic E-state index is 12.5. The first-order valence-corrected chi connectivity index (χ1v) is 10.2. The summed E-state index contributed by atoms with van der Waals surface area (Å²) in [6.45, 7) is 6.14. The second kappa shape index (κ2) is 9.90. The summed E-state index contributed by atoms with van der Waals surface area (Å²) >= 11 is 0. The normalized spacial score (nSPS) is 11.5. The molecule has 0 aliphatic carbocycles. The first-order valence-electron chi connectivity index (χ1n) is 10.2. The standard InChI is InChI=1S/C24H24F3N3O4/c1-23(2,3)17-7-5-6-8-19(17)33-21-18(13-14-20(30-21)32-4)29-22(31)28-15-9-11-16(12-10-15)34-24(25,26)27/h5-14H,1-4H3,(H2,28,29,31). The van der Waals surface area contributed by atoms with Crippen molar-refractivity contribution in [3.63, 3.8) is 0 Å². The topological polar surface area (TPSA) is 81.7 Å². The molecule has 1 heterocycles. The molecule has 3 rings (SSSR count). The maximum atomic E-state index is 12.5. The Morgan fingerprint density at radius 1 is 0.912 bits per heavy atom. The van der Waals surface area contributed by atoms with Crippen LogP contribution in [0.2, 0.25) is 0 Å². The molecule has 0 aliphatic rings. The number of aromatic nitrogens is 1. The number of carbonyl (C=O) groups excluding carboxylic acids is 1. The van der Waals surface area contributed by atoms with Crippen molar-refractivity contribution in [2.24, 2.45) is 0 Å². The first-order chi connectivity index (χ1) is 15.9. The van der Waals surface area contributed by atoms with Crippen molar-refractivity contribution in [1.82, 2.24) is 4.98 Å². The number of nitrogens with zero attached hydrogens (tertiary/aromatic N) is 1. The summed E-state index contributed by atoms with van der Waals surface area (Å²) in [4.78, 5) is 16.8. The van der Waals surface area contributed by atoms with Crippen molar-refractivity contribution in [2.75, 3.05) is 17.7 Å². The lowest BCUT2D eigenvalue weighted by Crippen LogP contribution is -2.20. The lowest BCUT2D eigenvalue weighted by atomic mass is 9.86. The van der Waals surface area contributed by atoms with Crippen molar-refractivity contribution in [1.29, 1.82) is 0 Å². The molecule has 3 aromatic rings. The molecule has 0 radical (unpaired) electrons. The van der Waals surface area contributed by atoms with E-state index in [1.54, 1.807) is 18.2 Å². The Bertz CT molecular complexity index is 1140. The number of carbonyl (C=O) groups is 1. The van der Waals surface area contributed by atoms with Crippen LogP contribution >= 0.6 is 0 Å². The Morgan fingerprint density at radius 2 is 1.59 bits per heavy atom. The summed E-state index contributed by atoms with van der Waals surface area (Å²) in [5, 5.41) is 5.17. The SMILES string of the molecule is COc1ccc(NC(=O)Nc2ccc(OC(F)(F)F)cc2)c(Oc2ccccc2C(C)(C)C)n1. The summed E-state index contributed by atoms with van der Waals surface area (Å²) in [6, 6.07) is 14.7. The quantitative estimate of drug-likeness (QED) is 0.414. The van der Waals surface area contributed by atoms with Crippen LogP contribution < -0.4 is 24.8 Å². The van der Waals surface area contributed by atoms with Crippen LogP contribution in [0.25, 0.3) is 0 Å². The number of rotatable bonds is 6. The van der Waals surface area contributed by atoms with Gasteiger partial charge >= 0.3 is 12.4 Å². The second-order valence-corrected chi connectivity index (χ2v) is 8.21. The predicted molar refractivity (Wildman–Crippen MR) is 122 cm³/mol. The number of anilines is 2. The van der Waals surface area contributed by atoms with Crippen molar-refractivity contribution >= 4 is 17.4 Å². The number of methoxy groups -OCH3 is 1. The molecule has 0 atom stereocenters. The number of hydrogen-bond donors (Lipinski definition) is 2. The number of ether oxygens (including phenoxy) is 3. The van der Waals surface area contributed by atoms with Gasteiger partial charge in [-0.15, -0.1) is 13.2 Å². The molecule has 10 heteroatoms. The fraction of sp³-hybridized carbons (Fsp3) is 0.250. The van der Waals surface area contributed by atoms with E-state index in [0.29, 0.717) is 5.75 Å². The van der Waals surface area contributed by atoms with Crippen LogP contribution in [0.3, 0.4) is 0 Å². The van der Waals surface area contributed by atoms with E-state index in [1.807, 2.05) is 39.0 Å². The van der Waals surface area contributed by atoms with Crippen molar-refractivity contribution in [3.05, 3.63) is 66.2 Å². The van der Waals surface area contributed by atoms with E-state index in [4.69, 9.17) is 9.47 Å². The van der Waals surface area contributed by atoms with Crippen LogP contribution in [-0.4, -0.2) is 24.5 Å². The van der Waals surface area contributed by atoms with Crippen LogP contribution in [0.15, 0.2) is 60.7 Å². The van der Waals surface area contributed by atoms with Crippen molar-refractivity contribution < 1.29 is 32.2 Å². The number of para-hydroxylation sites is 1. The number of pyridine rings is 1. The summed E-state index contributed by atoms with van der Waals surface area (Å²) in [5.41, 5.74) is 1.26. The van der Waals surface area contributed by atoms with Gasteiger partial charge in [0.15, 0.2) is 0 Å². The van der Waals surface area contributed by atoms with E-state index in [1.165, 1.54) is 19.2 Å². The number of halogens is 3. The van der Waals surface area contributed by atoms with Crippen LogP contribution in [-0.2, 0) is 5.41 Å². The molecule has 0 fully saturated rings. The van der Waals surface area contributed by atoms with Gasteiger partial charge in [-0.25, -0.2) is 4.79 Å². The molecule has 0 spiro atoms. The highest BCUT2D eigenvalue weighted by Crippen LogP contribution is 2.36. The monoisotopic (exact) mass is 475 g/mol. The number of amides is 2. The van der Waals surface area contributed by atoms with Gasteiger partial charge in [0.25, 0.3) is 0 Å². The minimum Gasteiger partial charge on any atom is -0.481 e. The summed E-state index contributed by atoms with van der Waals surface area (Å²) in [6.07, 6.45) is -4.80. The van der Waals surface area contributed by atoms with E-state index < -0.39 is 18.1 Å². The highest BCUT2D eigenvalue weighted by atomic mass is 19.4. The molecule has 0 unspecified atom stereocenters. The van der Waals surface area contributed by atoms with Crippen LogP contribution in [0.1, 0.15) is 26.3 Å². The highest BCUT2D eigenvalue weighted by Gasteiger charge is 2.31. The Balaban J connectivity index is 1.78. The van der Waals surface area contributed by atoms with Gasteiger partial charge in [-0.2, -0.15) is 4.98 Å².